The molecule has 0 amide bonds. The molecule has 15 atom stereocenters. The van der Waals surface area contributed by atoms with E-state index in [4.69, 9.17) is 24.7 Å². The first-order valence-electron chi connectivity index (χ1n) is 12.7. The first-order valence-corrected chi connectivity index (χ1v) is 12.7. The van der Waals surface area contributed by atoms with E-state index in [1.165, 1.54) is 10.9 Å². The molecule has 2 saturated heterocycles. The second kappa shape index (κ2) is 11.8. The number of imidazole rings is 1. The molecule has 41 heavy (non-hydrogen) atoms. The van der Waals surface area contributed by atoms with Crippen molar-refractivity contribution in [3.8, 4) is 0 Å². The van der Waals surface area contributed by atoms with Crippen LogP contribution in [-0.4, -0.2) is 164 Å². The molecule has 2 aromatic rings. The Bertz CT molecular complexity index is 1250. The van der Waals surface area contributed by atoms with E-state index < -0.39 is 111 Å². The number of aliphatic hydroxyl groups is 9. The van der Waals surface area contributed by atoms with Gasteiger partial charge in [-0.2, -0.15) is 0 Å². The molecule has 2 aromatic heterocycles. The van der Waals surface area contributed by atoms with Gasteiger partial charge in [0.2, 0.25) is 0 Å². The van der Waals surface area contributed by atoms with E-state index in [9.17, 15) is 50.8 Å². The Balaban J connectivity index is 1.28. The van der Waals surface area contributed by atoms with E-state index >= 15 is 0 Å². The van der Waals surface area contributed by atoms with E-state index in [0.29, 0.717) is 0 Å². The van der Waals surface area contributed by atoms with E-state index in [-0.39, 0.29) is 11.2 Å². The Labute approximate surface area is 229 Å². The lowest BCUT2D eigenvalue weighted by molar-refractivity contribution is -0.320. The minimum Gasteiger partial charge on any atom is -0.394 e. The molecular weight excluding hydrogens is 558 g/mol. The van der Waals surface area contributed by atoms with Gasteiger partial charge in [0.1, 0.15) is 73.2 Å². The number of aromatic nitrogens is 4. The highest BCUT2D eigenvalue weighted by molar-refractivity contribution is 5.68. The predicted octanol–water partition coefficient (Wildman–Crippen LogP) is -7.27. The van der Waals surface area contributed by atoms with Crippen molar-refractivity contribution < 1.29 is 64.9 Å². The number of nitrogens with one attached hydrogen (secondary N) is 1. The van der Waals surface area contributed by atoms with Gasteiger partial charge in [-0.15, -0.1) is 0 Å². The zero-order valence-electron chi connectivity index (χ0n) is 21.2. The quantitative estimate of drug-likeness (QED) is 0.142. The maximum Gasteiger partial charge on any atom is 0.278 e. The highest BCUT2D eigenvalue weighted by Gasteiger charge is 2.54. The van der Waals surface area contributed by atoms with E-state index in [1.54, 1.807) is 0 Å². The molecule has 4 heterocycles. The van der Waals surface area contributed by atoms with Crippen LogP contribution in [0.25, 0.3) is 11.2 Å². The number of aliphatic hydroxyl groups excluding tert-OH is 9. The number of hydrogen-bond donors (Lipinski definition) is 11. The van der Waals surface area contributed by atoms with Gasteiger partial charge in [-0.25, -0.2) is 9.97 Å². The van der Waals surface area contributed by atoms with Gasteiger partial charge in [0.05, 0.1) is 31.9 Å². The van der Waals surface area contributed by atoms with Crippen molar-refractivity contribution in [3.05, 3.63) is 23.0 Å². The van der Waals surface area contributed by atoms with Crippen molar-refractivity contribution in [1.82, 2.24) is 19.5 Å². The lowest BCUT2D eigenvalue weighted by Crippen LogP contribution is -2.68. The van der Waals surface area contributed by atoms with Crippen LogP contribution in [-0.2, 0) is 18.9 Å². The van der Waals surface area contributed by atoms with Gasteiger partial charge in [0, 0.05) is 0 Å². The number of ether oxygens (including phenoxy) is 4. The molecule has 3 fully saturated rings. The van der Waals surface area contributed by atoms with Gasteiger partial charge in [-0.3, -0.25) is 9.36 Å². The summed E-state index contributed by atoms with van der Waals surface area (Å²) in [5, 5.41) is 93.2. The zero-order valence-corrected chi connectivity index (χ0v) is 21.2. The van der Waals surface area contributed by atoms with Crippen LogP contribution in [0.5, 0.6) is 0 Å². The normalized spacial score (nSPS) is 45.4. The van der Waals surface area contributed by atoms with Crippen LogP contribution < -0.4 is 11.3 Å². The Morgan fingerprint density at radius 1 is 0.854 bits per heavy atom. The van der Waals surface area contributed by atoms with Gasteiger partial charge in [0.15, 0.2) is 23.7 Å². The summed E-state index contributed by atoms with van der Waals surface area (Å²) in [5.74, 6) is 0. The standard InChI is InChI=1S/C22H33N5O14/c23-7-11(31)9(29)5(1-28)40-22(7)41-18-14(34)12(32)13(33)17(16(18)36)38-2-6-10(30)15(35)21(39-6)27-4-26-8-19(27)24-3-25-20(8)37/h3-7,9-18,21-22,28-36H,1-2,23H2,(H,24,25,37). The SMILES string of the molecule is NC1C(OC2C(O)C(O)C(O)C(OCC3OC(n4cnc5c(=O)[nH]cnc54)C(O)C3O)C2O)OC(CO)C(O)C1O. The zero-order chi connectivity index (χ0) is 29.7. The molecule has 12 N–H and O–H groups in total. The number of hydrogen-bond acceptors (Lipinski definition) is 17. The second-order valence-electron chi connectivity index (χ2n) is 10.2. The van der Waals surface area contributed by atoms with Gasteiger partial charge < -0.3 is 75.6 Å². The molecule has 1 aliphatic carbocycles. The summed E-state index contributed by atoms with van der Waals surface area (Å²) in [6.45, 7) is -1.26. The fourth-order valence-electron chi connectivity index (χ4n) is 5.27. The number of nitrogens with zero attached hydrogens (tertiary/aromatic N) is 3. The lowest BCUT2D eigenvalue weighted by atomic mass is 9.84. The van der Waals surface area contributed by atoms with E-state index in [1.807, 2.05) is 0 Å². The first-order chi connectivity index (χ1) is 19.5. The minimum absolute atomic E-state index is 0.0291. The third kappa shape index (κ3) is 5.28. The van der Waals surface area contributed by atoms with E-state index in [2.05, 4.69) is 15.0 Å². The van der Waals surface area contributed by atoms with Crippen LogP contribution in [0.4, 0.5) is 0 Å². The van der Waals surface area contributed by atoms with E-state index in [0.717, 1.165) is 6.33 Å². The van der Waals surface area contributed by atoms with Crippen LogP contribution in [0.3, 0.4) is 0 Å². The summed E-state index contributed by atoms with van der Waals surface area (Å²) in [4.78, 5) is 22.3. The van der Waals surface area contributed by atoms with Crippen LogP contribution in [0, 0.1) is 0 Å². The molecular formula is C22H33N5O14. The molecule has 0 spiro atoms. The fraction of sp³-hybridized carbons (Fsp3) is 0.773. The van der Waals surface area contributed by atoms with Crippen molar-refractivity contribution in [2.45, 2.75) is 91.8 Å². The summed E-state index contributed by atoms with van der Waals surface area (Å²) in [6, 6.07) is -1.39. The first kappa shape index (κ1) is 30.3. The highest BCUT2D eigenvalue weighted by Crippen LogP contribution is 2.33. The third-order valence-electron chi connectivity index (χ3n) is 7.70. The number of nitrogens with two attached hydrogens (primary N) is 1. The van der Waals surface area contributed by atoms with Gasteiger partial charge >= 0.3 is 0 Å². The van der Waals surface area contributed by atoms with Crippen molar-refractivity contribution in [1.29, 1.82) is 0 Å². The maximum atomic E-state index is 11.9. The van der Waals surface area contributed by atoms with Crippen LogP contribution in [0.2, 0.25) is 0 Å². The number of rotatable bonds is 7. The Morgan fingerprint density at radius 3 is 2.24 bits per heavy atom. The van der Waals surface area contributed by atoms with Crippen molar-refractivity contribution >= 4 is 11.2 Å². The molecule has 19 nitrogen and oxygen atoms in total. The number of fused-ring (bicyclic) bond motifs is 1. The molecule has 0 aromatic carbocycles. The Kier molecular flexibility index (Phi) is 8.72. The minimum atomic E-state index is -1.91. The summed E-state index contributed by atoms with van der Waals surface area (Å²) in [5.41, 5.74) is 5.37. The maximum absolute atomic E-state index is 11.9. The van der Waals surface area contributed by atoms with Gasteiger partial charge in [-0.1, -0.05) is 0 Å². The average molecular weight is 592 g/mol. The third-order valence-corrected chi connectivity index (χ3v) is 7.70. The topological polar surface area (TPSA) is 309 Å². The molecule has 0 bridgehead atoms. The van der Waals surface area contributed by atoms with Crippen LogP contribution in [0.1, 0.15) is 6.23 Å². The number of H-pyrrole nitrogens is 1. The number of aromatic amines is 1. The molecule has 3 aliphatic rings. The Hall–Kier alpha value is -2.21. The van der Waals surface area contributed by atoms with Gasteiger partial charge in [0.25, 0.3) is 5.56 Å². The lowest BCUT2D eigenvalue weighted by Gasteiger charge is -2.47. The predicted molar refractivity (Wildman–Crippen MR) is 128 cm³/mol. The summed E-state index contributed by atoms with van der Waals surface area (Å²) in [6.07, 6.45) is -20.1. The van der Waals surface area contributed by atoms with Crippen LogP contribution >= 0.6 is 0 Å². The molecule has 5 rings (SSSR count). The highest BCUT2D eigenvalue weighted by atomic mass is 16.7. The van der Waals surface area contributed by atoms with Crippen molar-refractivity contribution in [2.24, 2.45) is 5.73 Å². The van der Waals surface area contributed by atoms with Gasteiger partial charge in [-0.05, 0) is 0 Å². The molecule has 0 radical (unpaired) electrons. The van der Waals surface area contributed by atoms with Crippen LogP contribution in [0.15, 0.2) is 17.4 Å². The average Bonchev–Trinajstić information content (AvgIpc) is 3.51. The molecule has 230 valence electrons. The van der Waals surface area contributed by atoms with Crippen molar-refractivity contribution in [3.63, 3.8) is 0 Å². The summed E-state index contributed by atoms with van der Waals surface area (Å²) < 4.78 is 23.4. The summed E-state index contributed by atoms with van der Waals surface area (Å²) >= 11 is 0. The van der Waals surface area contributed by atoms with Crippen molar-refractivity contribution in [2.75, 3.05) is 13.2 Å². The molecule has 19 heteroatoms. The second-order valence-corrected chi connectivity index (χ2v) is 10.2. The monoisotopic (exact) mass is 591 g/mol. The molecule has 15 unspecified atom stereocenters. The Morgan fingerprint density at radius 2 is 1.54 bits per heavy atom. The summed E-state index contributed by atoms with van der Waals surface area (Å²) in [7, 11) is 0. The molecule has 2 aliphatic heterocycles. The fourth-order valence-corrected chi connectivity index (χ4v) is 5.27. The molecule has 1 saturated carbocycles. The largest absolute Gasteiger partial charge is 0.394 e. The smallest absolute Gasteiger partial charge is 0.278 e.